The lowest BCUT2D eigenvalue weighted by molar-refractivity contribution is -0.133. The second-order valence-corrected chi connectivity index (χ2v) is 4.50. The number of nitrogens with zero attached hydrogens (tertiary/aromatic N) is 1. The van der Waals surface area contributed by atoms with Crippen LogP contribution in [-0.4, -0.2) is 46.1 Å². The number of aliphatic hydroxyl groups excluding tert-OH is 1. The first-order valence-electron chi connectivity index (χ1n) is 3.86. The van der Waals surface area contributed by atoms with Crippen LogP contribution in [0, 0.1) is 0 Å². The minimum Gasteiger partial charge on any atom is -0.395 e. The molecule has 0 aromatic carbocycles. The first-order valence-corrected chi connectivity index (χ1v) is 4.80. The van der Waals surface area contributed by atoms with Crippen LogP contribution >= 0.6 is 11.8 Å². The first kappa shape index (κ1) is 7.43. The van der Waals surface area contributed by atoms with Crippen molar-refractivity contribution < 1.29 is 9.90 Å². The van der Waals surface area contributed by atoms with Gasteiger partial charge in [0.1, 0.15) is 0 Å². The fraction of sp³-hybridized carbons (Fsp3) is 0.857. The van der Waals surface area contributed by atoms with Crippen molar-refractivity contribution in [3.05, 3.63) is 0 Å². The molecule has 0 aromatic heterocycles. The molecule has 3 nitrogen and oxygen atoms in total. The summed E-state index contributed by atoms with van der Waals surface area (Å²) in [4.78, 5) is 13.1. The number of hydrogen-bond acceptors (Lipinski definition) is 3. The Kier molecular flexibility index (Phi) is 1.81. The molecular weight excluding hydrogens is 162 g/mol. The molecule has 1 N–H and O–H groups in total. The number of amides is 1. The van der Waals surface area contributed by atoms with Gasteiger partial charge in [0.2, 0.25) is 5.91 Å². The molecule has 2 unspecified atom stereocenters. The van der Waals surface area contributed by atoms with Crippen LogP contribution in [0.25, 0.3) is 0 Å². The number of aliphatic hydroxyl groups is 1. The highest BCUT2D eigenvalue weighted by atomic mass is 32.2. The summed E-state index contributed by atoms with van der Waals surface area (Å²) in [5.41, 5.74) is 0. The number of thioether (sulfide) groups is 1. The molecule has 3 fully saturated rings. The van der Waals surface area contributed by atoms with Gasteiger partial charge in [-0.2, -0.15) is 0 Å². The van der Waals surface area contributed by atoms with Crippen molar-refractivity contribution in [2.75, 3.05) is 19.7 Å². The Labute approximate surface area is 69.8 Å². The molecule has 4 heteroatoms. The number of carbonyl (C=O) groups is 1. The molecule has 3 aliphatic rings. The van der Waals surface area contributed by atoms with E-state index in [9.17, 15) is 4.79 Å². The third-order valence-electron chi connectivity index (χ3n) is 2.21. The summed E-state index contributed by atoms with van der Waals surface area (Å²) in [6.45, 7) is 1.46. The summed E-state index contributed by atoms with van der Waals surface area (Å²) in [6, 6.07) is 0. The van der Waals surface area contributed by atoms with E-state index < -0.39 is 0 Å². The van der Waals surface area contributed by atoms with E-state index in [-0.39, 0.29) is 17.8 Å². The van der Waals surface area contributed by atoms with E-state index >= 15 is 0 Å². The van der Waals surface area contributed by atoms with Crippen molar-refractivity contribution in [1.82, 2.24) is 4.90 Å². The molecule has 2 bridgehead atoms. The highest BCUT2D eigenvalue weighted by Gasteiger charge is 2.43. The van der Waals surface area contributed by atoms with Crippen LogP contribution in [0.2, 0.25) is 0 Å². The van der Waals surface area contributed by atoms with Crippen LogP contribution in [0.15, 0.2) is 0 Å². The smallest absolute Gasteiger partial charge is 0.235 e. The van der Waals surface area contributed by atoms with Gasteiger partial charge in [0.15, 0.2) is 0 Å². The van der Waals surface area contributed by atoms with E-state index in [0.717, 1.165) is 13.0 Å². The summed E-state index contributed by atoms with van der Waals surface area (Å²) in [7, 11) is 0. The number of carbonyl (C=O) groups excluding carboxylic acids is 1. The molecule has 0 radical (unpaired) electrons. The number of fused-ring (bicyclic) bond motifs is 2. The molecule has 2 atom stereocenters. The minimum atomic E-state index is 0.0931. The number of piperidine rings is 1. The maximum Gasteiger partial charge on any atom is 0.235 e. The fourth-order valence-corrected chi connectivity index (χ4v) is 2.88. The van der Waals surface area contributed by atoms with Crippen molar-refractivity contribution in [2.45, 2.75) is 16.9 Å². The molecular formula is C7H11NO2S. The van der Waals surface area contributed by atoms with Gasteiger partial charge in [0, 0.05) is 18.3 Å². The fourth-order valence-electron chi connectivity index (χ4n) is 1.60. The Bertz CT molecular complexity index is 179. The van der Waals surface area contributed by atoms with E-state index in [4.69, 9.17) is 5.11 Å². The van der Waals surface area contributed by atoms with Crippen LogP contribution < -0.4 is 0 Å². The largest absolute Gasteiger partial charge is 0.395 e. The zero-order valence-corrected chi connectivity index (χ0v) is 7.01. The highest BCUT2D eigenvalue weighted by Crippen LogP contribution is 2.42. The zero-order valence-electron chi connectivity index (χ0n) is 6.19. The van der Waals surface area contributed by atoms with Gasteiger partial charge in [-0.1, -0.05) is 0 Å². The first-order chi connectivity index (χ1) is 5.31. The summed E-state index contributed by atoms with van der Waals surface area (Å²) >= 11 is 1.78. The predicted molar refractivity (Wildman–Crippen MR) is 43.4 cm³/mol. The van der Waals surface area contributed by atoms with Crippen molar-refractivity contribution in [2.24, 2.45) is 0 Å². The topological polar surface area (TPSA) is 40.5 Å². The molecule has 0 aliphatic carbocycles. The van der Waals surface area contributed by atoms with Gasteiger partial charge in [-0.05, 0) is 6.42 Å². The molecule has 1 amide bonds. The van der Waals surface area contributed by atoms with Gasteiger partial charge in [-0.15, -0.1) is 11.8 Å². The third-order valence-corrected chi connectivity index (χ3v) is 3.66. The summed E-state index contributed by atoms with van der Waals surface area (Å²) in [5.74, 6) is 0.228. The molecule has 11 heavy (non-hydrogen) atoms. The standard InChI is InChI=1S/C7H11NO2S/c9-2-1-8-4-5-3-6(11-5)7(8)10/h5-6,9H,1-4H2. The number of rotatable bonds is 2. The normalized spacial score (nSPS) is 35.4. The van der Waals surface area contributed by atoms with Gasteiger partial charge < -0.3 is 10.0 Å². The quantitative estimate of drug-likeness (QED) is 0.623. The maximum atomic E-state index is 11.3. The maximum absolute atomic E-state index is 11.3. The van der Waals surface area contributed by atoms with E-state index in [1.54, 1.807) is 16.7 Å². The van der Waals surface area contributed by atoms with E-state index in [1.165, 1.54) is 0 Å². The van der Waals surface area contributed by atoms with Crippen molar-refractivity contribution in [3.63, 3.8) is 0 Å². The molecule has 0 aromatic rings. The van der Waals surface area contributed by atoms with Gasteiger partial charge in [0.25, 0.3) is 0 Å². The second kappa shape index (κ2) is 2.68. The van der Waals surface area contributed by atoms with Gasteiger partial charge in [-0.25, -0.2) is 0 Å². The number of hydrogen-bond donors (Lipinski definition) is 1. The molecule has 3 heterocycles. The Morgan fingerprint density at radius 2 is 2.45 bits per heavy atom. The predicted octanol–water partition coefficient (Wildman–Crippen LogP) is -0.305. The lowest BCUT2D eigenvalue weighted by Gasteiger charge is -2.45. The lowest BCUT2D eigenvalue weighted by Crippen LogP contribution is -2.55. The molecule has 3 rings (SSSR count). The average molecular weight is 173 g/mol. The van der Waals surface area contributed by atoms with Crippen LogP contribution in [0.5, 0.6) is 0 Å². The Hall–Kier alpha value is -0.220. The highest BCUT2D eigenvalue weighted by molar-refractivity contribution is 8.02. The Balaban J connectivity index is 1.96. The Morgan fingerprint density at radius 3 is 3.00 bits per heavy atom. The van der Waals surface area contributed by atoms with Crippen LogP contribution in [-0.2, 0) is 4.79 Å². The average Bonchev–Trinajstić information content (AvgIpc) is 1.90. The third kappa shape index (κ3) is 1.14. The van der Waals surface area contributed by atoms with Crippen molar-refractivity contribution >= 4 is 17.7 Å². The SMILES string of the molecule is O=C1C2CC(CN1CCO)S2. The Morgan fingerprint density at radius 1 is 1.73 bits per heavy atom. The van der Waals surface area contributed by atoms with E-state index in [1.807, 2.05) is 0 Å². The summed E-state index contributed by atoms with van der Waals surface area (Å²) < 4.78 is 0. The molecule has 3 aliphatic heterocycles. The molecule has 62 valence electrons. The molecule has 0 saturated carbocycles. The molecule has 0 spiro atoms. The summed E-state index contributed by atoms with van der Waals surface area (Å²) in [6.07, 6.45) is 1.06. The van der Waals surface area contributed by atoms with E-state index in [0.29, 0.717) is 11.8 Å². The lowest BCUT2D eigenvalue weighted by atomic mass is 10.1. The van der Waals surface area contributed by atoms with E-state index in [2.05, 4.69) is 0 Å². The van der Waals surface area contributed by atoms with Gasteiger partial charge >= 0.3 is 0 Å². The van der Waals surface area contributed by atoms with Crippen LogP contribution in [0.3, 0.4) is 0 Å². The van der Waals surface area contributed by atoms with Crippen molar-refractivity contribution in [3.8, 4) is 0 Å². The van der Waals surface area contributed by atoms with Crippen molar-refractivity contribution in [1.29, 1.82) is 0 Å². The van der Waals surface area contributed by atoms with Crippen LogP contribution in [0.1, 0.15) is 6.42 Å². The minimum absolute atomic E-state index is 0.0931. The monoisotopic (exact) mass is 173 g/mol. The molecule has 3 saturated heterocycles. The summed E-state index contributed by atoms with van der Waals surface area (Å²) in [5, 5.41) is 9.52. The second-order valence-electron chi connectivity index (χ2n) is 2.99. The van der Waals surface area contributed by atoms with Crippen LogP contribution in [0.4, 0.5) is 0 Å². The van der Waals surface area contributed by atoms with Gasteiger partial charge in [0.05, 0.1) is 11.9 Å². The zero-order chi connectivity index (χ0) is 7.84. The van der Waals surface area contributed by atoms with Gasteiger partial charge in [-0.3, -0.25) is 4.79 Å².